The van der Waals surface area contributed by atoms with Gasteiger partial charge in [-0.15, -0.1) is 0 Å². The lowest BCUT2D eigenvalue weighted by Crippen LogP contribution is -2.38. The van der Waals surface area contributed by atoms with Gasteiger partial charge in [0.05, 0.1) is 6.67 Å². The van der Waals surface area contributed by atoms with Crippen molar-refractivity contribution in [2.75, 3.05) is 48.6 Å². The first-order valence-corrected chi connectivity index (χ1v) is 9.93. The quantitative estimate of drug-likeness (QED) is 0.103. The Kier molecular flexibility index (Phi) is 48.6. The van der Waals surface area contributed by atoms with Gasteiger partial charge in [0, 0.05) is 34.7 Å². The van der Waals surface area contributed by atoms with Crippen LogP contribution in [0.25, 0.3) is 0 Å². The monoisotopic (exact) mass is 529 g/mol. The van der Waals surface area contributed by atoms with Crippen LogP contribution in [0.15, 0.2) is 0 Å². The zero-order valence-electron chi connectivity index (χ0n) is 21.6. The molecule has 0 radical (unpaired) electrons. The second-order valence-electron chi connectivity index (χ2n) is 5.08. The lowest BCUT2D eigenvalue weighted by molar-refractivity contribution is -0.147. The Hall–Kier alpha value is -3.87. The minimum Gasteiger partial charge on any atom is -0.481 e. The summed E-state index contributed by atoms with van der Waals surface area (Å²) in [5, 5.41) is 27.1. The van der Waals surface area contributed by atoms with Gasteiger partial charge in [-0.1, -0.05) is 0 Å². The molecule has 0 aromatic carbocycles. The van der Waals surface area contributed by atoms with Crippen molar-refractivity contribution >= 4 is 41.5 Å². The number of carboxylic acids is 2. The van der Waals surface area contributed by atoms with Crippen molar-refractivity contribution in [3.63, 3.8) is 0 Å². The molecule has 0 fully saturated rings. The molecule has 36 heavy (non-hydrogen) atoms. The lowest BCUT2D eigenvalue weighted by atomic mass is 10.4. The minimum atomic E-state index is -1.31. The molecule has 0 heterocycles. The Labute approximate surface area is 210 Å². The van der Waals surface area contributed by atoms with E-state index in [1.54, 1.807) is 0 Å². The van der Waals surface area contributed by atoms with E-state index in [0.29, 0.717) is 0 Å². The van der Waals surface area contributed by atoms with Crippen LogP contribution in [0.2, 0.25) is 0 Å². The third-order valence-electron chi connectivity index (χ3n) is 2.40. The van der Waals surface area contributed by atoms with Gasteiger partial charge in [0.15, 0.2) is 0 Å². The fraction of sp³-hybridized carbons (Fsp3) is 0.611. The van der Waals surface area contributed by atoms with Crippen LogP contribution in [-0.4, -0.2) is 100 Å². The van der Waals surface area contributed by atoms with Crippen LogP contribution in [0.3, 0.4) is 0 Å². The standard InChI is InChI=1S/C7H13N3O3.C5H10N2O2.C3H4O4.CH6N2.2CH5N/c1-5(11)9-4-10-7(13)3-6(12)8-2;1-6-4(8)3-5(9)7-2;4-2(5)1-3(6)7;2-1-3;2*1-2/h3-4H2,1-2H3,(H,8,12)(H,9,11)(H,10,13);3H2,1-2H3,(H,6,8)(H,7,9);1H2,(H,4,5)(H,6,7);1-3H2;2*2H2,1H3. The fourth-order valence-corrected chi connectivity index (χ4v) is 1.02. The molecule has 5 amide bonds. The number of amides is 5. The van der Waals surface area contributed by atoms with E-state index in [-0.39, 0.29) is 49.8 Å². The van der Waals surface area contributed by atoms with Crippen LogP contribution < -0.4 is 49.5 Å². The summed E-state index contributed by atoms with van der Waals surface area (Å²) in [4.78, 5) is 71.6. The molecule has 0 unspecified atom stereocenters. The van der Waals surface area contributed by atoms with E-state index in [1.807, 2.05) is 0 Å². The largest absolute Gasteiger partial charge is 0.481 e. The molecular formula is C18H43N9O9. The van der Waals surface area contributed by atoms with Crippen LogP contribution in [-0.2, 0) is 33.6 Å². The average molecular weight is 530 g/mol. The van der Waals surface area contributed by atoms with Crippen molar-refractivity contribution < 1.29 is 43.8 Å². The van der Waals surface area contributed by atoms with E-state index in [2.05, 4.69) is 49.5 Å². The van der Waals surface area contributed by atoms with Crippen molar-refractivity contribution in [2.24, 2.45) is 22.9 Å². The van der Waals surface area contributed by atoms with Gasteiger partial charge in [-0.3, -0.25) is 33.6 Å². The van der Waals surface area contributed by atoms with Crippen LogP contribution in [0.5, 0.6) is 0 Å². The van der Waals surface area contributed by atoms with Gasteiger partial charge in [-0.2, -0.15) is 0 Å². The number of hydrogen-bond donors (Lipinski definition) is 11. The Morgan fingerprint density at radius 3 is 1.06 bits per heavy atom. The normalized spacial score (nSPS) is 7.61. The third kappa shape index (κ3) is 63.1. The summed E-state index contributed by atoms with van der Waals surface area (Å²) >= 11 is 0. The molecule has 0 aromatic rings. The zero-order valence-corrected chi connectivity index (χ0v) is 21.6. The molecule has 15 N–H and O–H groups in total. The van der Waals surface area contributed by atoms with Crippen molar-refractivity contribution in [3.8, 4) is 0 Å². The first kappa shape index (κ1) is 45.6. The van der Waals surface area contributed by atoms with Crippen molar-refractivity contribution in [1.82, 2.24) is 26.6 Å². The number of rotatable bonds is 8. The maximum atomic E-state index is 10.9. The maximum absolute atomic E-state index is 10.9. The van der Waals surface area contributed by atoms with Crippen LogP contribution >= 0.6 is 0 Å². The summed E-state index contributed by atoms with van der Waals surface area (Å²) in [6, 6.07) is 0. The highest BCUT2D eigenvalue weighted by Crippen LogP contribution is 1.77. The molecule has 214 valence electrons. The van der Waals surface area contributed by atoms with Gasteiger partial charge < -0.3 is 59.7 Å². The van der Waals surface area contributed by atoms with E-state index in [0.717, 1.165) is 0 Å². The topological polar surface area (TPSA) is 324 Å². The number of carboxylic acid groups (broad SMARTS) is 2. The van der Waals surface area contributed by atoms with Gasteiger partial charge in [0.25, 0.3) is 0 Å². The molecule has 0 saturated heterocycles. The van der Waals surface area contributed by atoms with Gasteiger partial charge >= 0.3 is 11.9 Å². The fourth-order valence-electron chi connectivity index (χ4n) is 1.02. The highest BCUT2D eigenvalue weighted by atomic mass is 16.4. The molecular weight excluding hydrogens is 486 g/mol. The van der Waals surface area contributed by atoms with E-state index in [4.69, 9.17) is 10.2 Å². The zero-order chi connectivity index (χ0) is 30.1. The molecule has 18 nitrogen and oxygen atoms in total. The molecule has 0 aromatic heterocycles. The van der Waals surface area contributed by atoms with E-state index < -0.39 is 24.3 Å². The smallest absolute Gasteiger partial charge is 0.314 e. The highest BCUT2D eigenvalue weighted by Gasteiger charge is 2.06. The predicted molar refractivity (Wildman–Crippen MR) is 132 cm³/mol. The summed E-state index contributed by atoms with van der Waals surface area (Å²) in [5.74, 6) is -4.18. The van der Waals surface area contributed by atoms with Gasteiger partial charge in [0.2, 0.25) is 29.5 Å². The van der Waals surface area contributed by atoms with Crippen LogP contribution in [0.4, 0.5) is 0 Å². The number of nitrogens with two attached hydrogens (primary N) is 4. The molecule has 0 rings (SSSR count). The van der Waals surface area contributed by atoms with E-state index in [9.17, 15) is 33.6 Å². The molecule has 0 saturated carbocycles. The summed E-state index contributed by atoms with van der Waals surface area (Å²) in [5.41, 5.74) is 18.2. The summed E-state index contributed by atoms with van der Waals surface area (Å²) < 4.78 is 0. The SMILES string of the molecule is CN.CN.CNC(=O)CC(=O)NC.CNC(=O)CC(=O)NCNC(C)=O.NCN.O=C(O)CC(=O)O. The predicted octanol–water partition coefficient (Wildman–Crippen LogP) is -5.24. The van der Waals surface area contributed by atoms with E-state index >= 15 is 0 Å². The molecule has 0 spiro atoms. The summed E-state index contributed by atoms with van der Waals surface area (Å²) in [6.45, 7) is 1.63. The Balaban J connectivity index is -0.0000000858. The van der Waals surface area contributed by atoms with Gasteiger partial charge in [-0.05, 0) is 14.1 Å². The van der Waals surface area contributed by atoms with Crippen molar-refractivity contribution in [2.45, 2.75) is 26.2 Å². The Morgan fingerprint density at radius 2 is 0.861 bits per heavy atom. The maximum Gasteiger partial charge on any atom is 0.314 e. The first-order valence-electron chi connectivity index (χ1n) is 9.93. The number of nitrogens with one attached hydrogen (secondary N) is 5. The van der Waals surface area contributed by atoms with Gasteiger partial charge in [0.1, 0.15) is 19.3 Å². The molecule has 0 bridgehead atoms. The number of aliphatic carboxylic acids is 2. The first-order chi connectivity index (χ1) is 16.8. The van der Waals surface area contributed by atoms with Crippen LogP contribution in [0, 0.1) is 0 Å². The molecule has 0 aliphatic carbocycles. The van der Waals surface area contributed by atoms with Crippen LogP contribution in [0.1, 0.15) is 26.2 Å². The number of hydrogen-bond acceptors (Lipinski definition) is 11. The average Bonchev–Trinajstić information content (AvgIpc) is 2.81. The Bertz CT molecular complexity index is 593. The molecule has 0 atom stereocenters. The van der Waals surface area contributed by atoms with Gasteiger partial charge in [-0.25, -0.2) is 0 Å². The number of carbonyl (C=O) groups is 7. The molecule has 0 aliphatic rings. The van der Waals surface area contributed by atoms with Crippen molar-refractivity contribution in [3.05, 3.63) is 0 Å². The second kappa shape index (κ2) is 38.4. The van der Waals surface area contributed by atoms with Crippen molar-refractivity contribution in [1.29, 1.82) is 0 Å². The van der Waals surface area contributed by atoms with E-state index in [1.165, 1.54) is 42.2 Å². The Morgan fingerprint density at radius 1 is 0.583 bits per heavy atom. The lowest BCUT2D eigenvalue weighted by Gasteiger charge is -2.04. The molecule has 0 aliphatic heterocycles. The summed E-state index contributed by atoms with van der Waals surface area (Å²) in [6.07, 6.45) is -1.12. The second-order valence-corrected chi connectivity index (χ2v) is 5.08. The highest BCUT2D eigenvalue weighted by molar-refractivity contribution is 5.97. The molecule has 18 heteroatoms. The number of carbonyl (C=O) groups excluding carboxylic acids is 5. The minimum absolute atomic E-state index is 0.0468. The third-order valence-corrected chi connectivity index (χ3v) is 2.40. The summed E-state index contributed by atoms with van der Waals surface area (Å²) in [7, 11) is 7.43.